The highest BCUT2D eigenvalue weighted by molar-refractivity contribution is 5.21. The number of benzene rings is 1. The maximum atomic E-state index is 12.8. The highest BCUT2D eigenvalue weighted by Gasteiger charge is 2.33. The molecule has 0 aliphatic rings. The molecule has 108 valence electrons. The van der Waals surface area contributed by atoms with Crippen molar-refractivity contribution < 1.29 is 17.6 Å². The van der Waals surface area contributed by atoms with E-state index in [-0.39, 0.29) is 0 Å². The van der Waals surface area contributed by atoms with Crippen molar-refractivity contribution in [3.8, 4) is 0 Å². The molecule has 0 aliphatic heterocycles. The molecule has 2 aromatic rings. The molecule has 1 aromatic heterocycles. The molecule has 0 saturated heterocycles. The summed E-state index contributed by atoms with van der Waals surface area (Å²) in [6, 6.07) is 4.45. The molecule has 7 heteroatoms. The van der Waals surface area contributed by atoms with E-state index in [1.807, 2.05) is 0 Å². The third-order valence-electron chi connectivity index (χ3n) is 3.12. The fourth-order valence-corrected chi connectivity index (χ4v) is 1.84. The second kappa shape index (κ2) is 5.24. The SMILES string of the molecule is CC(C(N)c1ccc(F)cc1)n1cc(C(F)(F)F)cn1. The minimum Gasteiger partial charge on any atom is -0.322 e. The molecule has 20 heavy (non-hydrogen) atoms. The molecule has 0 saturated carbocycles. The lowest BCUT2D eigenvalue weighted by molar-refractivity contribution is -0.137. The van der Waals surface area contributed by atoms with Gasteiger partial charge in [0.1, 0.15) is 5.82 Å². The van der Waals surface area contributed by atoms with Crippen molar-refractivity contribution in [2.24, 2.45) is 5.73 Å². The average Bonchev–Trinajstić information content (AvgIpc) is 2.87. The normalized spacial score (nSPS) is 15.1. The minimum absolute atomic E-state index is 0.396. The van der Waals surface area contributed by atoms with Crippen molar-refractivity contribution in [2.45, 2.75) is 25.2 Å². The van der Waals surface area contributed by atoms with E-state index in [9.17, 15) is 17.6 Å². The van der Waals surface area contributed by atoms with Gasteiger partial charge in [-0.3, -0.25) is 4.68 Å². The van der Waals surface area contributed by atoms with Crippen LogP contribution in [-0.4, -0.2) is 9.78 Å². The summed E-state index contributed by atoms with van der Waals surface area (Å²) in [5.74, 6) is -0.396. The predicted octanol–water partition coefficient (Wildman–Crippen LogP) is 3.30. The molecule has 2 rings (SSSR count). The van der Waals surface area contributed by atoms with Gasteiger partial charge in [0.15, 0.2) is 0 Å². The maximum Gasteiger partial charge on any atom is 0.419 e. The summed E-state index contributed by atoms with van der Waals surface area (Å²) in [6.07, 6.45) is -2.76. The molecule has 0 aliphatic carbocycles. The standard InChI is InChI=1S/C13H13F4N3/c1-8(12(18)9-2-4-11(14)5-3-9)20-7-10(6-19-20)13(15,16)17/h2-8,12H,18H2,1H3. The van der Waals surface area contributed by atoms with Crippen LogP contribution in [0.3, 0.4) is 0 Å². The van der Waals surface area contributed by atoms with Gasteiger partial charge in [-0.25, -0.2) is 4.39 Å². The number of rotatable bonds is 3. The van der Waals surface area contributed by atoms with Gasteiger partial charge in [-0.05, 0) is 24.6 Å². The van der Waals surface area contributed by atoms with E-state index >= 15 is 0 Å². The summed E-state index contributed by atoms with van der Waals surface area (Å²) >= 11 is 0. The second-order valence-corrected chi connectivity index (χ2v) is 4.52. The van der Waals surface area contributed by atoms with Crippen molar-refractivity contribution >= 4 is 0 Å². The highest BCUT2D eigenvalue weighted by Crippen LogP contribution is 2.30. The quantitative estimate of drug-likeness (QED) is 0.880. The topological polar surface area (TPSA) is 43.8 Å². The van der Waals surface area contributed by atoms with Crippen LogP contribution >= 0.6 is 0 Å². The van der Waals surface area contributed by atoms with Crippen LogP contribution in [-0.2, 0) is 6.18 Å². The summed E-state index contributed by atoms with van der Waals surface area (Å²) in [4.78, 5) is 0. The van der Waals surface area contributed by atoms with Crippen molar-refractivity contribution in [2.75, 3.05) is 0 Å². The molecular weight excluding hydrogens is 274 g/mol. The van der Waals surface area contributed by atoms with Gasteiger partial charge in [0.25, 0.3) is 0 Å². The first-order valence-corrected chi connectivity index (χ1v) is 5.91. The Balaban J connectivity index is 2.20. The first-order chi connectivity index (χ1) is 9.29. The molecule has 0 spiro atoms. The Morgan fingerprint density at radius 1 is 1.20 bits per heavy atom. The molecule has 0 bridgehead atoms. The third-order valence-corrected chi connectivity index (χ3v) is 3.12. The molecule has 3 nitrogen and oxygen atoms in total. The number of hydrogen-bond donors (Lipinski definition) is 1. The third kappa shape index (κ3) is 2.98. The smallest absolute Gasteiger partial charge is 0.322 e. The van der Waals surface area contributed by atoms with Crippen LogP contribution in [0, 0.1) is 5.82 Å². The maximum absolute atomic E-state index is 12.8. The van der Waals surface area contributed by atoms with Crippen LogP contribution in [0.1, 0.15) is 30.1 Å². The van der Waals surface area contributed by atoms with Crippen molar-refractivity contribution in [1.29, 1.82) is 0 Å². The molecule has 0 radical (unpaired) electrons. The second-order valence-electron chi connectivity index (χ2n) is 4.52. The summed E-state index contributed by atoms with van der Waals surface area (Å²) in [5.41, 5.74) is 5.78. The van der Waals surface area contributed by atoms with Gasteiger partial charge in [0.2, 0.25) is 0 Å². The fourth-order valence-electron chi connectivity index (χ4n) is 1.84. The van der Waals surface area contributed by atoms with Gasteiger partial charge in [-0.15, -0.1) is 0 Å². The van der Waals surface area contributed by atoms with Crippen molar-refractivity contribution in [3.63, 3.8) is 0 Å². The zero-order valence-corrected chi connectivity index (χ0v) is 10.6. The number of nitrogens with two attached hydrogens (primary N) is 1. The number of nitrogens with zero attached hydrogens (tertiary/aromatic N) is 2. The molecule has 0 amide bonds. The Morgan fingerprint density at radius 3 is 2.30 bits per heavy atom. The largest absolute Gasteiger partial charge is 0.419 e. The molecule has 1 heterocycles. The Labute approximate surface area is 113 Å². The molecule has 0 fully saturated rings. The van der Waals surface area contributed by atoms with Crippen LogP contribution in [0.2, 0.25) is 0 Å². The Bertz CT molecular complexity index is 574. The van der Waals surface area contributed by atoms with E-state index in [1.54, 1.807) is 6.92 Å². The van der Waals surface area contributed by atoms with Crippen LogP contribution in [0.4, 0.5) is 17.6 Å². The van der Waals surface area contributed by atoms with E-state index < -0.39 is 29.6 Å². The lowest BCUT2D eigenvalue weighted by Crippen LogP contribution is -2.23. The van der Waals surface area contributed by atoms with E-state index in [2.05, 4.69) is 5.10 Å². The number of halogens is 4. The number of alkyl halides is 3. The fraction of sp³-hybridized carbons (Fsp3) is 0.308. The molecule has 2 unspecified atom stereocenters. The van der Waals surface area contributed by atoms with E-state index in [0.717, 1.165) is 17.1 Å². The zero-order chi connectivity index (χ0) is 14.9. The van der Waals surface area contributed by atoms with Crippen LogP contribution in [0.15, 0.2) is 36.7 Å². The highest BCUT2D eigenvalue weighted by atomic mass is 19.4. The van der Waals surface area contributed by atoms with E-state index in [0.29, 0.717) is 5.56 Å². The molecule has 2 N–H and O–H groups in total. The monoisotopic (exact) mass is 287 g/mol. The zero-order valence-electron chi connectivity index (χ0n) is 10.6. The summed E-state index contributed by atoms with van der Waals surface area (Å²) in [5, 5.41) is 3.69. The molecule has 2 atom stereocenters. The van der Waals surface area contributed by atoms with E-state index in [1.165, 1.54) is 24.3 Å². The summed E-state index contributed by atoms with van der Waals surface area (Å²) in [7, 11) is 0. The van der Waals surface area contributed by atoms with Gasteiger partial charge in [-0.2, -0.15) is 18.3 Å². The van der Waals surface area contributed by atoms with Gasteiger partial charge < -0.3 is 5.73 Å². The van der Waals surface area contributed by atoms with Crippen molar-refractivity contribution in [3.05, 3.63) is 53.6 Å². The summed E-state index contributed by atoms with van der Waals surface area (Å²) in [6.45, 7) is 1.65. The van der Waals surface area contributed by atoms with Gasteiger partial charge in [0.05, 0.1) is 23.8 Å². The van der Waals surface area contributed by atoms with Gasteiger partial charge in [0, 0.05) is 6.20 Å². The van der Waals surface area contributed by atoms with Crippen LogP contribution < -0.4 is 5.73 Å². The van der Waals surface area contributed by atoms with Crippen LogP contribution in [0.5, 0.6) is 0 Å². The predicted molar refractivity (Wildman–Crippen MR) is 65.3 cm³/mol. The average molecular weight is 287 g/mol. The van der Waals surface area contributed by atoms with Crippen LogP contribution in [0.25, 0.3) is 0 Å². The minimum atomic E-state index is -4.43. The van der Waals surface area contributed by atoms with Gasteiger partial charge in [-0.1, -0.05) is 12.1 Å². The number of aromatic nitrogens is 2. The first-order valence-electron chi connectivity index (χ1n) is 5.91. The van der Waals surface area contributed by atoms with Gasteiger partial charge >= 0.3 is 6.18 Å². The number of hydrogen-bond acceptors (Lipinski definition) is 2. The Hall–Kier alpha value is -1.89. The lowest BCUT2D eigenvalue weighted by Gasteiger charge is -2.20. The molecular formula is C13H13F4N3. The molecule has 1 aromatic carbocycles. The first kappa shape index (κ1) is 14.5. The van der Waals surface area contributed by atoms with Crippen molar-refractivity contribution in [1.82, 2.24) is 9.78 Å². The Morgan fingerprint density at radius 2 is 1.80 bits per heavy atom. The summed E-state index contributed by atoms with van der Waals surface area (Å²) < 4.78 is 51.5. The lowest BCUT2D eigenvalue weighted by atomic mass is 10.0. The Kier molecular flexibility index (Phi) is 3.80. The van der Waals surface area contributed by atoms with E-state index in [4.69, 9.17) is 5.73 Å².